The van der Waals surface area contributed by atoms with Crippen LogP contribution >= 0.6 is 0 Å². The first-order valence-corrected chi connectivity index (χ1v) is 10.0. The molecule has 0 saturated heterocycles. The van der Waals surface area contributed by atoms with Crippen LogP contribution in [-0.2, 0) is 10.0 Å². The van der Waals surface area contributed by atoms with E-state index in [0.29, 0.717) is 11.4 Å². The zero-order valence-electron chi connectivity index (χ0n) is 15.4. The van der Waals surface area contributed by atoms with Crippen molar-refractivity contribution < 1.29 is 8.42 Å². The molecule has 0 aliphatic carbocycles. The number of hydrogen-bond donors (Lipinski definition) is 1. The SMILES string of the molecule is Cc1ccc(NS(=O)(=O)c2cn(C(C)C)nc2-c2ccccc2)cc1C. The zero-order valence-corrected chi connectivity index (χ0v) is 16.2. The van der Waals surface area contributed by atoms with Crippen LogP contribution in [0.2, 0.25) is 0 Å². The van der Waals surface area contributed by atoms with E-state index in [2.05, 4.69) is 9.82 Å². The summed E-state index contributed by atoms with van der Waals surface area (Å²) in [5.41, 5.74) is 3.92. The van der Waals surface area contributed by atoms with Crippen LogP contribution < -0.4 is 4.72 Å². The molecule has 0 fully saturated rings. The molecule has 0 radical (unpaired) electrons. The van der Waals surface area contributed by atoms with Crippen molar-refractivity contribution in [3.63, 3.8) is 0 Å². The Morgan fingerprint density at radius 1 is 1.00 bits per heavy atom. The Labute approximate surface area is 154 Å². The maximum absolute atomic E-state index is 13.1. The van der Waals surface area contributed by atoms with Crippen molar-refractivity contribution in [2.45, 2.75) is 38.6 Å². The largest absolute Gasteiger partial charge is 0.280 e. The maximum Gasteiger partial charge on any atom is 0.265 e. The first-order chi connectivity index (χ1) is 12.3. The molecular weight excluding hydrogens is 346 g/mol. The highest BCUT2D eigenvalue weighted by atomic mass is 32.2. The van der Waals surface area contributed by atoms with Gasteiger partial charge < -0.3 is 0 Å². The van der Waals surface area contributed by atoms with Crippen LogP contribution in [0.4, 0.5) is 5.69 Å². The summed E-state index contributed by atoms with van der Waals surface area (Å²) in [5.74, 6) is 0. The molecule has 1 aromatic heterocycles. The van der Waals surface area contributed by atoms with Gasteiger partial charge in [0.1, 0.15) is 10.6 Å². The molecule has 3 rings (SSSR count). The topological polar surface area (TPSA) is 64.0 Å². The summed E-state index contributed by atoms with van der Waals surface area (Å²) < 4.78 is 30.5. The second-order valence-electron chi connectivity index (χ2n) is 6.69. The Morgan fingerprint density at radius 2 is 1.69 bits per heavy atom. The molecule has 1 heterocycles. The molecule has 0 amide bonds. The van der Waals surface area contributed by atoms with Gasteiger partial charge in [0, 0.05) is 23.5 Å². The van der Waals surface area contributed by atoms with Gasteiger partial charge in [-0.15, -0.1) is 0 Å². The van der Waals surface area contributed by atoms with Crippen molar-refractivity contribution in [2.75, 3.05) is 4.72 Å². The van der Waals surface area contributed by atoms with E-state index in [9.17, 15) is 8.42 Å². The van der Waals surface area contributed by atoms with Gasteiger partial charge in [-0.1, -0.05) is 36.4 Å². The minimum Gasteiger partial charge on any atom is -0.280 e. The lowest BCUT2D eigenvalue weighted by Crippen LogP contribution is -2.13. The van der Waals surface area contributed by atoms with E-state index < -0.39 is 10.0 Å². The molecule has 0 bridgehead atoms. The summed E-state index contributed by atoms with van der Waals surface area (Å²) in [7, 11) is -3.77. The molecule has 3 aromatic rings. The van der Waals surface area contributed by atoms with Gasteiger partial charge >= 0.3 is 0 Å². The van der Waals surface area contributed by atoms with Gasteiger partial charge in [0.2, 0.25) is 0 Å². The van der Waals surface area contributed by atoms with Gasteiger partial charge in [0.05, 0.1) is 0 Å². The van der Waals surface area contributed by atoms with E-state index in [1.165, 1.54) is 0 Å². The van der Waals surface area contributed by atoms with Gasteiger partial charge in [0.25, 0.3) is 10.0 Å². The summed E-state index contributed by atoms with van der Waals surface area (Å²) in [6.45, 7) is 7.89. The van der Waals surface area contributed by atoms with E-state index >= 15 is 0 Å². The summed E-state index contributed by atoms with van der Waals surface area (Å²) in [6.07, 6.45) is 1.59. The lowest BCUT2D eigenvalue weighted by molar-refractivity contribution is 0.532. The Morgan fingerprint density at radius 3 is 2.31 bits per heavy atom. The highest BCUT2D eigenvalue weighted by molar-refractivity contribution is 7.92. The highest BCUT2D eigenvalue weighted by Gasteiger charge is 2.24. The van der Waals surface area contributed by atoms with Crippen LogP contribution in [0.1, 0.15) is 31.0 Å². The standard InChI is InChI=1S/C20H23N3O2S/c1-14(2)23-13-19(20(21-23)17-8-6-5-7-9-17)26(24,25)22-18-11-10-15(3)16(4)12-18/h5-14,22H,1-4H3. The number of sulfonamides is 1. The molecule has 0 unspecified atom stereocenters. The van der Waals surface area contributed by atoms with Crippen LogP contribution in [0, 0.1) is 13.8 Å². The number of aryl methyl sites for hydroxylation is 2. The van der Waals surface area contributed by atoms with E-state index in [-0.39, 0.29) is 10.9 Å². The van der Waals surface area contributed by atoms with E-state index in [1.807, 2.05) is 70.2 Å². The number of benzene rings is 2. The predicted octanol–water partition coefficient (Wildman–Crippen LogP) is 4.55. The number of nitrogens with one attached hydrogen (secondary N) is 1. The fraction of sp³-hybridized carbons (Fsp3) is 0.250. The molecule has 26 heavy (non-hydrogen) atoms. The Balaban J connectivity index is 2.07. The fourth-order valence-electron chi connectivity index (χ4n) is 2.65. The first-order valence-electron chi connectivity index (χ1n) is 8.52. The van der Waals surface area contributed by atoms with Gasteiger partial charge in [-0.2, -0.15) is 5.10 Å². The third-order valence-corrected chi connectivity index (χ3v) is 5.71. The van der Waals surface area contributed by atoms with Gasteiger partial charge in [0.15, 0.2) is 0 Å². The smallest absolute Gasteiger partial charge is 0.265 e. The molecule has 5 nitrogen and oxygen atoms in total. The maximum atomic E-state index is 13.1. The number of anilines is 1. The average molecular weight is 369 g/mol. The lowest BCUT2D eigenvalue weighted by atomic mass is 10.1. The third-order valence-electron chi connectivity index (χ3n) is 4.32. The molecule has 0 aliphatic rings. The number of aromatic nitrogens is 2. The zero-order chi connectivity index (χ0) is 18.9. The minimum atomic E-state index is -3.77. The summed E-state index contributed by atoms with van der Waals surface area (Å²) in [4.78, 5) is 0.177. The van der Waals surface area contributed by atoms with E-state index in [1.54, 1.807) is 16.9 Å². The quantitative estimate of drug-likeness (QED) is 0.718. The van der Waals surface area contributed by atoms with E-state index in [0.717, 1.165) is 16.7 Å². The third kappa shape index (κ3) is 3.65. The molecular formula is C20H23N3O2S. The van der Waals surface area contributed by atoms with Crippen LogP contribution in [0.15, 0.2) is 59.6 Å². The van der Waals surface area contributed by atoms with Crippen molar-refractivity contribution >= 4 is 15.7 Å². The molecule has 136 valence electrons. The molecule has 0 saturated carbocycles. The van der Waals surface area contributed by atoms with Gasteiger partial charge in [-0.05, 0) is 51.0 Å². The summed E-state index contributed by atoms with van der Waals surface area (Å²) in [6, 6.07) is 14.9. The fourth-order valence-corrected chi connectivity index (χ4v) is 3.85. The summed E-state index contributed by atoms with van der Waals surface area (Å²) >= 11 is 0. The van der Waals surface area contributed by atoms with Crippen molar-refractivity contribution in [3.8, 4) is 11.3 Å². The predicted molar refractivity (Wildman–Crippen MR) is 105 cm³/mol. The van der Waals surface area contributed by atoms with Crippen molar-refractivity contribution in [1.29, 1.82) is 0 Å². The normalized spacial score (nSPS) is 11.7. The van der Waals surface area contributed by atoms with Gasteiger partial charge in [-0.25, -0.2) is 8.42 Å². The Hall–Kier alpha value is -2.60. The van der Waals surface area contributed by atoms with E-state index in [4.69, 9.17) is 0 Å². The van der Waals surface area contributed by atoms with Crippen molar-refractivity contribution in [3.05, 3.63) is 65.9 Å². The lowest BCUT2D eigenvalue weighted by Gasteiger charge is -2.10. The summed E-state index contributed by atoms with van der Waals surface area (Å²) in [5, 5.41) is 4.52. The highest BCUT2D eigenvalue weighted by Crippen LogP contribution is 2.29. The van der Waals surface area contributed by atoms with Gasteiger partial charge in [-0.3, -0.25) is 9.40 Å². The number of rotatable bonds is 5. The molecule has 0 spiro atoms. The number of hydrogen-bond acceptors (Lipinski definition) is 3. The molecule has 6 heteroatoms. The van der Waals surface area contributed by atoms with Crippen LogP contribution in [0.3, 0.4) is 0 Å². The molecule has 0 atom stereocenters. The average Bonchev–Trinajstić information content (AvgIpc) is 3.05. The molecule has 0 aliphatic heterocycles. The Kier molecular flexibility index (Phi) is 4.87. The monoisotopic (exact) mass is 369 g/mol. The minimum absolute atomic E-state index is 0.0584. The molecule has 2 aromatic carbocycles. The van der Waals surface area contributed by atoms with Crippen molar-refractivity contribution in [2.24, 2.45) is 0 Å². The van der Waals surface area contributed by atoms with Crippen LogP contribution in [0.5, 0.6) is 0 Å². The Bertz CT molecular complexity index is 1020. The first kappa shape index (κ1) is 18.2. The van der Waals surface area contributed by atoms with Crippen LogP contribution in [0.25, 0.3) is 11.3 Å². The second kappa shape index (κ2) is 6.96. The second-order valence-corrected chi connectivity index (χ2v) is 8.34. The number of nitrogens with zero attached hydrogens (tertiary/aromatic N) is 2. The van der Waals surface area contributed by atoms with Crippen LogP contribution in [-0.4, -0.2) is 18.2 Å². The molecule has 1 N–H and O–H groups in total. The van der Waals surface area contributed by atoms with Crippen molar-refractivity contribution in [1.82, 2.24) is 9.78 Å².